The number of hydrogen-bond donors (Lipinski definition) is 1. The molecular formula is C26H28FN3O2S. The highest BCUT2D eigenvalue weighted by atomic mass is 32.2. The number of benzene rings is 2. The van der Waals surface area contributed by atoms with Gasteiger partial charge in [-0.25, -0.2) is 9.37 Å². The fourth-order valence-corrected chi connectivity index (χ4v) is 4.83. The number of nitrogens with zero attached hydrogens (tertiary/aromatic N) is 2. The lowest BCUT2D eigenvalue weighted by Crippen LogP contribution is -2.43. The lowest BCUT2D eigenvalue weighted by molar-refractivity contribution is 0.0162. The third-order valence-electron chi connectivity index (χ3n) is 5.91. The van der Waals surface area contributed by atoms with Gasteiger partial charge in [-0.1, -0.05) is 30.0 Å². The van der Waals surface area contributed by atoms with E-state index in [4.69, 9.17) is 4.74 Å². The minimum absolute atomic E-state index is 0.0639. The Morgan fingerprint density at radius 3 is 2.61 bits per heavy atom. The number of carbonyl (C=O) groups excluding carboxylic acids is 1. The molecule has 0 aliphatic carbocycles. The smallest absolute Gasteiger partial charge is 0.254 e. The second-order valence-corrected chi connectivity index (χ2v) is 9.19. The van der Waals surface area contributed by atoms with Gasteiger partial charge in [-0.05, 0) is 66.9 Å². The zero-order chi connectivity index (χ0) is 23.2. The summed E-state index contributed by atoms with van der Waals surface area (Å²) in [6, 6.07) is 16.2. The molecule has 1 atom stereocenters. The molecule has 0 bridgehead atoms. The van der Waals surface area contributed by atoms with E-state index in [2.05, 4.69) is 41.2 Å². The topological polar surface area (TPSA) is 54.5 Å². The number of halogens is 1. The van der Waals surface area contributed by atoms with Crippen molar-refractivity contribution >= 4 is 17.7 Å². The summed E-state index contributed by atoms with van der Waals surface area (Å²) in [6.07, 6.45) is 1.70. The number of amides is 1. The summed E-state index contributed by atoms with van der Waals surface area (Å²) in [6.45, 7) is 7.38. The molecule has 1 amide bonds. The van der Waals surface area contributed by atoms with Gasteiger partial charge >= 0.3 is 0 Å². The fourth-order valence-electron chi connectivity index (χ4n) is 3.85. The van der Waals surface area contributed by atoms with E-state index in [9.17, 15) is 9.18 Å². The normalized spacial score (nSPS) is 15.2. The SMILES string of the molecule is Cc1ccc(Sc2ncccc2C(=O)NC[C@H](c2ccc(F)cc2)N2CCOCC2)cc1C. The largest absolute Gasteiger partial charge is 0.379 e. The van der Waals surface area contributed by atoms with Gasteiger partial charge in [0.2, 0.25) is 0 Å². The van der Waals surface area contributed by atoms with Crippen molar-refractivity contribution in [1.82, 2.24) is 15.2 Å². The number of hydrogen-bond acceptors (Lipinski definition) is 5. The Morgan fingerprint density at radius 1 is 1.12 bits per heavy atom. The Labute approximate surface area is 198 Å². The Kier molecular flexibility index (Phi) is 7.75. The monoisotopic (exact) mass is 465 g/mol. The third kappa shape index (κ3) is 5.99. The van der Waals surface area contributed by atoms with Crippen LogP contribution in [0.3, 0.4) is 0 Å². The van der Waals surface area contributed by atoms with Crippen molar-refractivity contribution in [3.63, 3.8) is 0 Å². The van der Waals surface area contributed by atoms with Gasteiger partial charge < -0.3 is 10.1 Å². The first kappa shape index (κ1) is 23.4. The zero-order valence-corrected chi connectivity index (χ0v) is 19.7. The van der Waals surface area contributed by atoms with Gasteiger partial charge in [0.1, 0.15) is 10.8 Å². The quantitative estimate of drug-likeness (QED) is 0.544. The maximum absolute atomic E-state index is 13.5. The van der Waals surface area contributed by atoms with Gasteiger partial charge in [0.05, 0.1) is 24.8 Å². The van der Waals surface area contributed by atoms with E-state index in [0.717, 1.165) is 23.5 Å². The average molecular weight is 466 g/mol. The molecule has 0 radical (unpaired) electrons. The van der Waals surface area contributed by atoms with Crippen LogP contribution in [0.2, 0.25) is 0 Å². The summed E-state index contributed by atoms with van der Waals surface area (Å²) in [7, 11) is 0. The van der Waals surface area contributed by atoms with Crippen LogP contribution in [0.1, 0.15) is 33.1 Å². The first-order chi connectivity index (χ1) is 16.0. The summed E-state index contributed by atoms with van der Waals surface area (Å²) in [5.41, 5.74) is 3.94. The van der Waals surface area contributed by atoms with Crippen LogP contribution in [0.15, 0.2) is 70.7 Å². The van der Waals surface area contributed by atoms with Gasteiger partial charge in [0.25, 0.3) is 5.91 Å². The fraction of sp³-hybridized carbons (Fsp3) is 0.308. The number of aryl methyl sites for hydroxylation is 2. The maximum atomic E-state index is 13.5. The molecule has 1 N–H and O–H groups in total. The molecule has 0 spiro atoms. The second kappa shape index (κ2) is 10.9. The third-order valence-corrected chi connectivity index (χ3v) is 6.91. The molecule has 172 valence electrons. The van der Waals surface area contributed by atoms with Gasteiger partial charge in [-0.3, -0.25) is 9.69 Å². The minimum Gasteiger partial charge on any atom is -0.379 e. The predicted molar refractivity (Wildman–Crippen MR) is 128 cm³/mol. The van der Waals surface area contributed by atoms with Crippen LogP contribution in [0.4, 0.5) is 4.39 Å². The van der Waals surface area contributed by atoms with Gasteiger partial charge in [-0.15, -0.1) is 0 Å². The Morgan fingerprint density at radius 2 is 1.88 bits per heavy atom. The molecule has 1 aromatic heterocycles. The predicted octanol–water partition coefficient (Wildman–Crippen LogP) is 4.79. The molecule has 1 saturated heterocycles. The Balaban J connectivity index is 1.50. The summed E-state index contributed by atoms with van der Waals surface area (Å²) < 4.78 is 19.0. The number of aromatic nitrogens is 1. The van der Waals surface area contributed by atoms with Crippen LogP contribution in [-0.4, -0.2) is 48.6 Å². The summed E-state index contributed by atoms with van der Waals surface area (Å²) >= 11 is 1.49. The molecule has 2 aromatic carbocycles. The molecule has 33 heavy (non-hydrogen) atoms. The van der Waals surface area contributed by atoms with E-state index < -0.39 is 0 Å². The molecule has 2 heterocycles. The molecule has 1 fully saturated rings. The molecule has 0 saturated carbocycles. The lowest BCUT2D eigenvalue weighted by Gasteiger charge is -2.35. The molecule has 0 unspecified atom stereocenters. The highest BCUT2D eigenvalue weighted by molar-refractivity contribution is 7.99. The molecule has 3 aromatic rings. The van der Waals surface area contributed by atoms with Crippen molar-refractivity contribution in [1.29, 1.82) is 0 Å². The van der Waals surface area contributed by atoms with Crippen molar-refractivity contribution in [2.24, 2.45) is 0 Å². The Hall–Kier alpha value is -2.74. The summed E-state index contributed by atoms with van der Waals surface area (Å²) in [4.78, 5) is 21.0. The molecule has 4 rings (SSSR count). The Bertz CT molecular complexity index is 1100. The van der Waals surface area contributed by atoms with E-state index in [0.29, 0.717) is 30.3 Å². The van der Waals surface area contributed by atoms with Crippen LogP contribution < -0.4 is 5.32 Å². The van der Waals surface area contributed by atoms with Gasteiger partial charge in [0, 0.05) is 30.7 Å². The first-order valence-electron chi connectivity index (χ1n) is 11.1. The standard InChI is InChI=1S/C26H28FN3O2S/c1-18-5-10-22(16-19(18)2)33-26-23(4-3-11-28-26)25(31)29-17-24(30-12-14-32-15-13-30)20-6-8-21(27)9-7-20/h3-11,16,24H,12-15,17H2,1-2H3,(H,29,31)/t24-/m1/s1. The van der Waals surface area contributed by atoms with Crippen LogP contribution in [0.5, 0.6) is 0 Å². The summed E-state index contributed by atoms with van der Waals surface area (Å²) in [5, 5.41) is 3.76. The van der Waals surface area contributed by atoms with Crippen molar-refractivity contribution in [2.75, 3.05) is 32.8 Å². The van der Waals surface area contributed by atoms with E-state index in [-0.39, 0.29) is 17.8 Å². The minimum atomic E-state index is -0.271. The number of carbonyl (C=O) groups is 1. The second-order valence-electron chi connectivity index (χ2n) is 8.13. The zero-order valence-electron chi connectivity index (χ0n) is 18.9. The highest BCUT2D eigenvalue weighted by Gasteiger charge is 2.24. The first-order valence-corrected chi connectivity index (χ1v) is 11.9. The average Bonchev–Trinajstić information content (AvgIpc) is 2.83. The molecular weight excluding hydrogens is 437 g/mol. The number of morpholine rings is 1. The number of ether oxygens (including phenoxy) is 1. The number of rotatable bonds is 7. The van der Waals surface area contributed by atoms with Crippen molar-refractivity contribution in [2.45, 2.75) is 29.8 Å². The van der Waals surface area contributed by atoms with Crippen LogP contribution >= 0.6 is 11.8 Å². The molecule has 1 aliphatic rings. The molecule has 7 heteroatoms. The van der Waals surface area contributed by atoms with Crippen molar-refractivity contribution in [3.8, 4) is 0 Å². The van der Waals surface area contributed by atoms with Crippen LogP contribution in [0, 0.1) is 19.7 Å². The van der Waals surface area contributed by atoms with Crippen LogP contribution in [-0.2, 0) is 4.74 Å². The van der Waals surface area contributed by atoms with Crippen LogP contribution in [0.25, 0.3) is 0 Å². The van der Waals surface area contributed by atoms with E-state index in [1.807, 2.05) is 6.07 Å². The van der Waals surface area contributed by atoms with Crippen molar-refractivity contribution in [3.05, 3.63) is 88.9 Å². The van der Waals surface area contributed by atoms with Gasteiger partial charge in [-0.2, -0.15) is 0 Å². The number of nitrogens with one attached hydrogen (secondary N) is 1. The van der Waals surface area contributed by atoms with E-state index >= 15 is 0 Å². The van der Waals surface area contributed by atoms with E-state index in [1.165, 1.54) is 35.0 Å². The molecule has 5 nitrogen and oxygen atoms in total. The lowest BCUT2D eigenvalue weighted by atomic mass is 10.0. The van der Waals surface area contributed by atoms with E-state index in [1.54, 1.807) is 30.5 Å². The molecule has 1 aliphatic heterocycles. The highest BCUT2D eigenvalue weighted by Crippen LogP contribution is 2.30. The van der Waals surface area contributed by atoms with Gasteiger partial charge in [0.15, 0.2) is 0 Å². The number of pyridine rings is 1. The maximum Gasteiger partial charge on any atom is 0.254 e. The summed E-state index contributed by atoms with van der Waals surface area (Å²) in [5.74, 6) is -0.443. The van der Waals surface area contributed by atoms with Crippen molar-refractivity contribution < 1.29 is 13.9 Å².